The Hall–Kier alpha value is -4.19. The SMILES string of the molecule is COCCNCCn1cc2c(n1)CCc1c-2sc2ncnc(Nc3ccc4c(cnn4Cc4cccc(F)c4)c3)c12. The number of ether oxygens (including phenoxy) is 1. The fourth-order valence-electron chi connectivity index (χ4n) is 5.46. The van der Waals surface area contributed by atoms with E-state index in [-0.39, 0.29) is 5.82 Å². The number of thiophene rings is 1. The van der Waals surface area contributed by atoms with Crippen LogP contribution in [0.2, 0.25) is 0 Å². The lowest BCUT2D eigenvalue weighted by Crippen LogP contribution is -2.23. The summed E-state index contributed by atoms with van der Waals surface area (Å²) < 4.78 is 22.7. The Bertz CT molecular complexity index is 1860. The summed E-state index contributed by atoms with van der Waals surface area (Å²) in [5.41, 5.74) is 6.40. The minimum atomic E-state index is -0.242. The van der Waals surface area contributed by atoms with Crippen molar-refractivity contribution in [2.45, 2.75) is 25.9 Å². The van der Waals surface area contributed by atoms with Gasteiger partial charge in [0.2, 0.25) is 0 Å². The first-order valence-corrected chi connectivity index (χ1v) is 14.5. The molecule has 0 bridgehead atoms. The maximum Gasteiger partial charge on any atom is 0.142 e. The van der Waals surface area contributed by atoms with Crippen molar-refractivity contribution >= 4 is 44.0 Å². The Kier molecular flexibility index (Phi) is 6.91. The van der Waals surface area contributed by atoms with E-state index in [1.807, 2.05) is 33.8 Å². The van der Waals surface area contributed by atoms with Crippen LogP contribution in [0.1, 0.15) is 16.8 Å². The smallest absolute Gasteiger partial charge is 0.142 e. The highest BCUT2D eigenvalue weighted by molar-refractivity contribution is 7.22. The van der Waals surface area contributed by atoms with Crippen LogP contribution in [0, 0.1) is 5.82 Å². The second-order valence-corrected chi connectivity index (χ2v) is 11.1. The van der Waals surface area contributed by atoms with Crippen molar-refractivity contribution in [2.24, 2.45) is 0 Å². The van der Waals surface area contributed by atoms with E-state index in [1.54, 1.807) is 36.9 Å². The van der Waals surface area contributed by atoms with Crippen LogP contribution in [-0.2, 0) is 30.7 Å². The highest BCUT2D eigenvalue weighted by Gasteiger charge is 2.26. The zero-order valence-electron chi connectivity index (χ0n) is 22.6. The maximum absolute atomic E-state index is 13.7. The van der Waals surface area contributed by atoms with Gasteiger partial charge < -0.3 is 15.4 Å². The first-order valence-electron chi connectivity index (χ1n) is 13.7. The van der Waals surface area contributed by atoms with E-state index in [0.29, 0.717) is 13.2 Å². The normalized spacial score (nSPS) is 12.6. The third-order valence-electron chi connectivity index (χ3n) is 7.41. The molecule has 1 aliphatic rings. The summed E-state index contributed by atoms with van der Waals surface area (Å²) in [7, 11) is 1.71. The molecule has 7 rings (SSSR count). The van der Waals surface area contributed by atoms with E-state index < -0.39 is 0 Å². The van der Waals surface area contributed by atoms with Crippen molar-refractivity contribution in [1.29, 1.82) is 0 Å². The molecule has 0 atom stereocenters. The topological polar surface area (TPSA) is 94.7 Å². The molecule has 4 aromatic heterocycles. The fraction of sp³-hybridized carbons (Fsp3) is 0.267. The number of halogens is 1. The van der Waals surface area contributed by atoms with Gasteiger partial charge in [-0.05, 0) is 54.3 Å². The maximum atomic E-state index is 13.7. The predicted octanol–water partition coefficient (Wildman–Crippen LogP) is 5.17. The predicted molar refractivity (Wildman–Crippen MR) is 159 cm³/mol. The second-order valence-electron chi connectivity index (χ2n) is 10.1. The molecule has 6 aromatic rings. The van der Waals surface area contributed by atoms with Gasteiger partial charge in [-0.3, -0.25) is 9.36 Å². The van der Waals surface area contributed by atoms with E-state index in [0.717, 1.165) is 76.4 Å². The number of rotatable bonds is 10. The number of aryl methyl sites for hydroxylation is 2. The van der Waals surface area contributed by atoms with E-state index in [1.165, 1.54) is 22.1 Å². The molecule has 2 N–H and O–H groups in total. The lowest BCUT2D eigenvalue weighted by Gasteiger charge is -2.12. The number of hydrogen-bond donors (Lipinski definition) is 2. The highest BCUT2D eigenvalue weighted by Crippen LogP contribution is 2.45. The summed E-state index contributed by atoms with van der Waals surface area (Å²) in [6.45, 7) is 3.69. The average Bonchev–Trinajstić information content (AvgIpc) is 3.68. The summed E-state index contributed by atoms with van der Waals surface area (Å²) in [5.74, 6) is 0.561. The minimum Gasteiger partial charge on any atom is -0.383 e. The van der Waals surface area contributed by atoms with Gasteiger partial charge in [0.25, 0.3) is 0 Å². The molecule has 41 heavy (non-hydrogen) atoms. The molecular formula is C30H29FN8OS. The highest BCUT2D eigenvalue weighted by atomic mass is 32.1. The molecule has 0 amide bonds. The van der Waals surface area contributed by atoms with Crippen LogP contribution in [0.4, 0.5) is 15.9 Å². The Morgan fingerprint density at radius 1 is 1.10 bits per heavy atom. The number of hydrogen-bond acceptors (Lipinski definition) is 8. The summed E-state index contributed by atoms with van der Waals surface area (Å²) in [4.78, 5) is 11.5. The van der Waals surface area contributed by atoms with E-state index >= 15 is 0 Å². The van der Waals surface area contributed by atoms with Crippen LogP contribution >= 0.6 is 11.3 Å². The zero-order chi connectivity index (χ0) is 27.8. The molecule has 9 nitrogen and oxygen atoms in total. The van der Waals surface area contributed by atoms with Gasteiger partial charge >= 0.3 is 0 Å². The number of benzene rings is 2. The van der Waals surface area contributed by atoms with Gasteiger partial charge in [-0.25, -0.2) is 14.4 Å². The van der Waals surface area contributed by atoms with Crippen molar-refractivity contribution in [3.8, 4) is 10.4 Å². The lowest BCUT2D eigenvalue weighted by molar-refractivity contribution is 0.199. The van der Waals surface area contributed by atoms with Gasteiger partial charge in [-0.2, -0.15) is 10.2 Å². The number of nitrogens with one attached hydrogen (secondary N) is 2. The molecule has 0 fully saturated rings. The van der Waals surface area contributed by atoms with Gasteiger partial charge in [0, 0.05) is 47.9 Å². The molecule has 11 heteroatoms. The molecule has 4 heterocycles. The number of anilines is 2. The summed E-state index contributed by atoms with van der Waals surface area (Å²) >= 11 is 1.71. The Morgan fingerprint density at radius 2 is 2.05 bits per heavy atom. The molecule has 0 spiro atoms. The lowest BCUT2D eigenvalue weighted by atomic mass is 9.95. The zero-order valence-corrected chi connectivity index (χ0v) is 23.4. The minimum absolute atomic E-state index is 0.242. The fourth-order valence-corrected chi connectivity index (χ4v) is 6.69. The molecule has 208 valence electrons. The van der Waals surface area contributed by atoms with Crippen molar-refractivity contribution in [1.82, 2.24) is 34.8 Å². The number of methoxy groups -OCH3 is 1. The monoisotopic (exact) mass is 568 g/mol. The molecule has 0 aliphatic heterocycles. The summed E-state index contributed by atoms with van der Waals surface area (Å²) in [6, 6.07) is 12.8. The Labute approximate surface area is 240 Å². The molecule has 1 aliphatic carbocycles. The van der Waals surface area contributed by atoms with Crippen LogP contribution < -0.4 is 10.6 Å². The summed E-state index contributed by atoms with van der Waals surface area (Å²) in [6.07, 6.45) is 7.42. The first-order chi connectivity index (χ1) is 20.2. The molecule has 0 saturated heterocycles. The van der Waals surface area contributed by atoms with E-state index in [2.05, 4.69) is 38.0 Å². The molecule has 0 unspecified atom stereocenters. The van der Waals surface area contributed by atoms with E-state index in [9.17, 15) is 4.39 Å². The summed E-state index contributed by atoms with van der Waals surface area (Å²) in [5, 5.41) is 18.4. The molecule has 0 saturated carbocycles. The van der Waals surface area contributed by atoms with Crippen molar-refractivity contribution in [2.75, 3.05) is 32.1 Å². The standard InChI is InChI=1S/C30H29FN8OS/c1-40-12-10-32-9-11-38-17-24-25(37-38)7-6-23-27-29(33-18-34-30(27)41-28(23)24)36-22-5-8-26-20(14-22)15-35-39(26)16-19-3-2-4-21(31)13-19/h2-5,8,13-15,17-18,32H,6-7,9-12,16H2,1H3,(H,33,34,36). The number of fused-ring (bicyclic) bond motifs is 6. The average molecular weight is 569 g/mol. The second kappa shape index (κ2) is 11.0. The van der Waals surface area contributed by atoms with Gasteiger partial charge in [-0.1, -0.05) is 12.1 Å². The Morgan fingerprint density at radius 3 is 2.95 bits per heavy atom. The Balaban J connectivity index is 1.14. The van der Waals surface area contributed by atoms with Gasteiger partial charge in [0.05, 0.1) is 42.5 Å². The van der Waals surface area contributed by atoms with Gasteiger partial charge in [0.1, 0.15) is 22.8 Å². The largest absolute Gasteiger partial charge is 0.383 e. The first kappa shape index (κ1) is 25.8. The van der Waals surface area contributed by atoms with Crippen LogP contribution in [0.5, 0.6) is 0 Å². The van der Waals surface area contributed by atoms with Crippen LogP contribution in [0.3, 0.4) is 0 Å². The van der Waals surface area contributed by atoms with Crippen molar-refractivity contribution < 1.29 is 9.13 Å². The van der Waals surface area contributed by atoms with Crippen molar-refractivity contribution in [3.05, 3.63) is 83.8 Å². The number of nitrogens with zero attached hydrogens (tertiary/aromatic N) is 6. The van der Waals surface area contributed by atoms with Crippen LogP contribution in [0.15, 0.2) is 61.2 Å². The van der Waals surface area contributed by atoms with E-state index in [4.69, 9.17) is 9.84 Å². The van der Waals surface area contributed by atoms with Crippen LogP contribution in [0.25, 0.3) is 31.6 Å². The quantitative estimate of drug-likeness (QED) is 0.220. The number of aromatic nitrogens is 6. The van der Waals surface area contributed by atoms with Crippen molar-refractivity contribution in [3.63, 3.8) is 0 Å². The third kappa shape index (κ3) is 5.08. The molecule has 2 aromatic carbocycles. The van der Waals surface area contributed by atoms with Crippen LogP contribution in [-0.4, -0.2) is 56.3 Å². The molecular weight excluding hydrogens is 539 g/mol. The molecule has 0 radical (unpaired) electrons. The third-order valence-corrected chi connectivity index (χ3v) is 8.58. The van der Waals surface area contributed by atoms with Gasteiger partial charge in [-0.15, -0.1) is 11.3 Å². The van der Waals surface area contributed by atoms with Gasteiger partial charge in [0.15, 0.2) is 0 Å².